The van der Waals surface area contributed by atoms with Crippen LogP contribution in [0.25, 0.3) is 0 Å². The van der Waals surface area contributed by atoms with Gasteiger partial charge in [-0.15, -0.1) is 11.8 Å². The van der Waals surface area contributed by atoms with Crippen LogP contribution < -0.4 is 10.6 Å². The zero-order chi connectivity index (χ0) is 24.3. The third kappa shape index (κ3) is 7.69. The molecule has 1 heterocycles. The normalized spacial score (nSPS) is 14.7. The number of rotatable bonds is 10. The Morgan fingerprint density at radius 1 is 1.29 bits per heavy atom. The van der Waals surface area contributed by atoms with Crippen molar-refractivity contribution in [3.05, 3.63) is 64.3 Å². The highest BCUT2D eigenvalue weighted by Gasteiger charge is 2.16. The summed E-state index contributed by atoms with van der Waals surface area (Å²) in [7, 11) is 0. The lowest BCUT2D eigenvalue weighted by molar-refractivity contribution is -0.517. The van der Waals surface area contributed by atoms with E-state index in [-0.39, 0.29) is 5.57 Å². The van der Waals surface area contributed by atoms with Gasteiger partial charge in [0.2, 0.25) is 0 Å². The van der Waals surface area contributed by atoms with Crippen molar-refractivity contribution in [2.24, 2.45) is 0 Å². The number of anilines is 1. The van der Waals surface area contributed by atoms with Crippen LogP contribution in [0.5, 0.6) is 0 Å². The maximum atomic E-state index is 12.8. The number of hydrogen-bond acceptors (Lipinski definition) is 6. The number of amides is 1. The molecule has 0 aliphatic carbocycles. The number of nitrogens with zero attached hydrogens (tertiary/aromatic N) is 2. The average Bonchev–Trinajstić information content (AvgIpc) is 2.85. The maximum absolute atomic E-state index is 12.8. The molecule has 0 radical (unpaired) electrons. The quantitative estimate of drug-likeness (QED) is 0.152. The monoisotopic (exact) mass is 498 g/mol. The summed E-state index contributed by atoms with van der Waals surface area (Å²) >= 11 is 7.58. The number of halogens is 1. The van der Waals surface area contributed by atoms with Gasteiger partial charge in [0.1, 0.15) is 23.0 Å². The zero-order valence-corrected chi connectivity index (χ0v) is 20.7. The molecule has 2 aromatic rings. The Morgan fingerprint density at radius 3 is 2.71 bits per heavy atom. The molecule has 0 aromatic heterocycles. The van der Waals surface area contributed by atoms with Gasteiger partial charge in [0.25, 0.3) is 5.91 Å². The van der Waals surface area contributed by atoms with Gasteiger partial charge in [0.15, 0.2) is 0 Å². The molecule has 0 spiro atoms. The molecule has 2 aromatic carbocycles. The molecule has 0 unspecified atom stereocenters. The molecule has 1 aliphatic heterocycles. The van der Waals surface area contributed by atoms with E-state index in [1.165, 1.54) is 0 Å². The van der Waals surface area contributed by atoms with Crippen molar-refractivity contribution in [3.63, 3.8) is 0 Å². The third-order valence-electron chi connectivity index (χ3n) is 5.40. The van der Waals surface area contributed by atoms with Crippen LogP contribution in [0.3, 0.4) is 0 Å². The number of nitriles is 1. The van der Waals surface area contributed by atoms with Gasteiger partial charge in [-0.1, -0.05) is 11.6 Å². The Bertz CT molecular complexity index is 1080. The summed E-state index contributed by atoms with van der Waals surface area (Å²) in [6.07, 6.45) is 2.08. The first-order valence-corrected chi connectivity index (χ1v) is 12.5. The second-order valence-electron chi connectivity index (χ2n) is 7.87. The number of quaternary nitrogens is 1. The first-order chi connectivity index (χ1) is 16.5. The number of hydrogen-bond donors (Lipinski definition) is 3. The number of thioether (sulfide) groups is 1. The van der Waals surface area contributed by atoms with Crippen molar-refractivity contribution in [1.29, 1.82) is 10.7 Å². The molecule has 9 heteroatoms. The van der Waals surface area contributed by atoms with E-state index < -0.39 is 5.91 Å². The molecule has 0 bridgehead atoms. The fourth-order valence-electron chi connectivity index (χ4n) is 3.56. The summed E-state index contributed by atoms with van der Waals surface area (Å²) in [6, 6.07) is 14.8. The maximum Gasteiger partial charge on any atom is 0.262 e. The van der Waals surface area contributed by atoms with Crippen molar-refractivity contribution in [3.8, 4) is 6.07 Å². The van der Waals surface area contributed by atoms with Crippen LogP contribution in [0.1, 0.15) is 18.9 Å². The van der Waals surface area contributed by atoms with E-state index >= 15 is 0 Å². The number of carbonyl (C=O) groups is 1. The minimum atomic E-state index is -0.396. The second kappa shape index (κ2) is 13.3. The van der Waals surface area contributed by atoms with Gasteiger partial charge in [-0.05, 0) is 49.1 Å². The first-order valence-electron chi connectivity index (χ1n) is 11.1. The van der Waals surface area contributed by atoms with E-state index in [1.807, 2.05) is 23.5 Å². The van der Waals surface area contributed by atoms with Gasteiger partial charge in [-0.2, -0.15) is 5.26 Å². The molecule has 4 N–H and O–H groups in total. The Morgan fingerprint density at radius 2 is 2.03 bits per heavy atom. The molecule has 7 nitrogen and oxygen atoms in total. The predicted molar refractivity (Wildman–Crippen MR) is 137 cm³/mol. The van der Waals surface area contributed by atoms with Gasteiger partial charge in [-0.25, -0.2) is 0 Å². The lowest BCUT2D eigenvalue weighted by Gasteiger charge is -2.26. The summed E-state index contributed by atoms with van der Waals surface area (Å²) in [5.41, 5.74) is 2.84. The summed E-state index contributed by atoms with van der Waals surface area (Å²) in [5.74, 6) is 0.519. The number of nitrogens with two attached hydrogens (primary N) is 1. The molecule has 1 fully saturated rings. The highest BCUT2D eigenvalue weighted by Crippen LogP contribution is 2.26. The Labute approximate surface area is 209 Å². The highest BCUT2D eigenvalue weighted by atomic mass is 35.5. The average molecular weight is 499 g/mol. The van der Waals surface area contributed by atoms with E-state index in [4.69, 9.17) is 21.7 Å². The fraction of sp³-hybridized carbons (Fsp3) is 0.320. The van der Waals surface area contributed by atoms with Crippen LogP contribution in [-0.2, 0) is 9.53 Å². The molecule has 1 saturated heterocycles. The predicted octanol–water partition coefficient (Wildman–Crippen LogP) is 3.78. The minimum absolute atomic E-state index is 0.245. The number of morpholine rings is 1. The van der Waals surface area contributed by atoms with E-state index in [0.717, 1.165) is 61.8 Å². The van der Waals surface area contributed by atoms with Gasteiger partial charge < -0.3 is 15.5 Å². The van der Waals surface area contributed by atoms with Crippen molar-refractivity contribution in [2.45, 2.75) is 18.2 Å². The summed E-state index contributed by atoms with van der Waals surface area (Å²) in [4.78, 5) is 16.1. The Balaban J connectivity index is 1.59. The second-order valence-corrected chi connectivity index (χ2v) is 9.44. The zero-order valence-electron chi connectivity index (χ0n) is 19.1. The van der Waals surface area contributed by atoms with Crippen LogP contribution in [-0.4, -0.2) is 55.6 Å². The molecule has 3 rings (SSSR count). The summed E-state index contributed by atoms with van der Waals surface area (Å²) in [6.45, 7) is 6.36. The van der Waals surface area contributed by atoms with Gasteiger partial charge >= 0.3 is 0 Å². The molecular formula is C25H29ClN5O2S+. The van der Waals surface area contributed by atoms with Gasteiger partial charge in [0, 0.05) is 54.0 Å². The molecule has 0 atom stereocenters. The molecule has 1 amide bonds. The van der Waals surface area contributed by atoms with E-state index in [1.54, 1.807) is 43.0 Å². The molecular weight excluding hydrogens is 470 g/mol. The van der Waals surface area contributed by atoms with E-state index in [0.29, 0.717) is 22.0 Å². The van der Waals surface area contributed by atoms with Crippen molar-refractivity contribution in [2.75, 3.05) is 43.9 Å². The largest absolute Gasteiger partial charge is 0.379 e. The summed E-state index contributed by atoms with van der Waals surface area (Å²) in [5, 5.41) is 22.6. The number of allylic oxidation sites excluding steroid dienone is 1. The number of benzene rings is 2. The smallest absolute Gasteiger partial charge is 0.262 e. The lowest BCUT2D eigenvalue weighted by Crippen LogP contribution is -2.75. The molecule has 0 saturated carbocycles. The number of carbonyl (C=O) groups excluding carboxylic acids is 1. The molecule has 34 heavy (non-hydrogen) atoms. The highest BCUT2D eigenvalue weighted by molar-refractivity contribution is 7.99. The number of ether oxygens (including phenoxy) is 1. The van der Waals surface area contributed by atoms with Crippen molar-refractivity contribution in [1.82, 2.24) is 4.90 Å². The van der Waals surface area contributed by atoms with Gasteiger partial charge in [-0.3, -0.25) is 15.0 Å². The van der Waals surface area contributed by atoms with Crippen LogP contribution in [0.15, 0.2) is 58.6 Å². The Kier molecular flexibility index (Phi) is 10.1. The molecule has 178 valence electrons. The SMILES string of the molecule is C/C([NH2+]c1ccc(Cl)cc1)=C(/C=N)C(=O)Nc1ccc(SCCCN2CCOCC2)c(C#N)c1. The standard InChI is InChI=1S/C25H28ClN5O2S/c1-18(29-21-5-3-20(26)4-6-21)23(17-28)25(32)30-22-7-8-24(19(15-22)16-27)34-14-2-9-31-10-12-33-13-11-31/h3-8,15,17,28-29H,2,9-14H2,1H3,(H,30,32)/p+1/b23-18+,28-17?. The molecule has 1 aliphatic rings. The van der Waals surface area contributed by atoms with Crippen molar-refractivity contribution >= 4 is 46.9 Å². The first kappa shape index (κ1) is 25.9. The van der Waals surface area contributed by atoms with Crippen LogP contribution >= 0.6 is 23.4 Å². The third-order valence-corrected chi connectivity index (χ3v) is 6.82. The van der Waals surface area contributed by atoms with Crippen LogP contribution in [0.2, 0.25) is 5.02 Å². The number of nitrogens with one attached hydrogen (secondary N) is 2. The summed E-state index contributed by atoms with van der Waals surface area (Å²) < 4.78 is 5.38. The fourth-order valence-corrected chi connectivity index (χ4v) is 4.60. The van der Waals surface area contributed by atoms with E-state index in [2.05, 4.69) is 16.3 Å². The van der Waals surface area contributed by atoms with Crippen LogP contribution in [0, 0.1) is 16.7 Å². The van der Waals surface area contributed by atoms with E-state index in [9.17, 15) is 10.1 Å². The van der Waals surface area contributed by atoms with Crippen LogP contribution in [0.4, 0.5) is 11.4 Å². The lowest BCUT2D eigenvalue weighted by atomic mass is 10.1. The topological polar surface area (TPSA) is 106 Å². The van der Waals surface area contributed by atoms with Gasteiger partial charge in [0.05, 0.1) is 18.8 Å². The van der Waals surface area contributed by atoms with Crippen molar-refractivity contribution < 1.29 is 14.8 Å². The minimum Gasteiger partial charge on any atom is -0.379 e. The Hall–Kier alpha value is -2.67.